The summed E-state index contributed by atoms with van der Waals surface area (Å²) in [6, 6.07) is 9.09. The predicted molar refractivity (Wildman–Crippen MR) is 101 cm³/mol. The molecule has 0 saturated carbocycles. The molecule has 2 amide bonds. The number of benzene rings is 1. The van der Waals surface area contributed by atoms with Gasteiger partial charge in [-0.15, -0.1) is 0 Å². The van der Waals surface area contributed by atoms with E-state index in [1.165, 1.54) is 0 Å². The van der Waals surface area contributed by atoms with E-state index in [0.717, 1.165) is 24.8 Å². The lowest BCUT2D eigenvalue weighted by atomic mass is 9.89. The molecule has 0 spiro atoms. The zero-order chi connectivity index (χ0) is 19.4. The lowest BCUT2D eigenvalue weighted by molar-refractivity contribution is -0.148. The summed E-state index contributed by atoms with van der Waals surface area (Å²) in [4.78, 5) is 40.8. The van der Waals surface area contributed by atoms with Crippen molar-refractivity contribution in [2.45, 2.75) is 51.0 Å². The van der Waals surface area contributed by atoms with E-state index >= 15 is 0 Å². The minimum Gasteiger partial charge on any atom is -0.481 e. The highest BCUT2D eigenvalue weighted by Crippen LogP contribution is 2.34. The lowest BCUT2D eigenvalue weighted by Gasteiger charge is -2.37. The topological polar surface area (TPSA) is 77.9 Å². The van der Waals surface area contributed by atoms with Gasteiger partial charge in [0.05, 0.1) is 5.92 Å². The van der Waals surface area contributed by atoms with Crippen molar-refractivity contribution in [3.63, 3.8) is 0 Å². The van der Waals surface area contributed by atoms with E-state index < -0.39 is 17.9 Å². The monoisotopic (exact) mass is 372 g/mol. The van der Waals surface area contributed by atoms with Crippen molar-refractivity contribution >= 4 is 17.8 Å². The minimum absolute atomic E-state index is 0.0316. The van der Waals surface area contributed by atoms with Crippen molar-refractivity contribution in [1.29, 1.82) is 0 Å². The summed E-state index contributed by atoms with van der Waals surface area (Å²) in [6.07, 6.45) is 3.72. The molecule has 6 nitrogen and oxygen atoms in total. The van der Waals surface area contributed by atoms with Crippen LogP contribution in [0.2, 0.25) is 0 Å². The Morgan fingerprint density at radius 2 is 1.85 bits per heavy atom. The van der Waals surface area contributed by atoms with Crippen LogP contribution in [0.4, 0.5) is 0 Å². The Morgan fingerprint density at radius 1 is 1.11 bits per heavy atom. The second-order valence-electron chi connectivity index (χ2n) is 7.55. The molecule has 1 N–H and O–H groups in total. The number of carbonyl (C=O) groups excluding carboxylic acids is 2. The number of nitrogens with zero attached hydrogens (tertiary/aromatic N) is 2. The van der Waals surface area contributed by atoms with Gasteiger partial charge in [0.15, 0.2) is 0 Å². The minimum atomic E-state index is -0.873. The second-order valence-corrected chi connectivity index (χ2v) is 7.55. The van der Waals surface area contributed by atoms with Gasteiger partial charge in [0.2, 0.25) is 11.8 Å². The molecular weight excluding hydrogens is 344 g/mol. The van der Waals surface area contributed by atoms with Gasteiger partial charge in [-0.3, -0.25) is 14.4 Å². The Hall–Kier alpha value is -2.37. The quantitative estimate of drug-likeness (QED) is 0.861. The molecule has 1 aromatic rings. The van der Waals surface area contributed by atoms with E-state index in [1.54, 1.807) is 9.80 Å². The molecule has 2 aliphatic rings. The maximum absolute atomic E-state index is 13.2. The van der Waals surface area contributed by atoms with Gasteiger partial charge in [-0.2, -0.15) is 0 Å². The maximum atomic E-state index is 13.2. The molecule has 0 aliphatic carbocycles. The molecule has 6 heteroatoms. The van der Waals surface area contributed by atoms with E-state index in [4.69, 9.17) is 0 Å². The Balaban J connectivity index is 1.77. The van der Waals surface area contributed by atoms with Gasteiger partial charge in [0.1, 0.15) is 6.04 Å². The highest BCUT2D eigenvalue weighted by Gasteiger charge is 2.43. The van der Waals surface area contributed by atoms with Crippen LogP contribution in [0.25, 0.3) is 0 Å². The standard InChI is InChI=1S/C21H28N2O4/c1-2-8-19(24)23-12-7-6-11-18(23)20(25)22-13-16(17(14-22)21(26)27)15-9-4-3-5-10-15/h3-5,9-10,16-18H,2,6-8,11-14H2,1H3,(H,26,27). The summed E-state index contributed by atoms with van der Waals surface area (Å²) in [6.45, 7) is 3.18. The lowest BCUT2D eigenvalue weighted by Crippen LogP contribution is -2.52. The van der Waals surface area contributed by atoms with Crippen molar-refractivity contribution < 1.29 is 19.5 Å². The van der Waals surface area contributed by atoms with Gasteiger partial charge in [0, 0.05) is 32.0 Å². The molecular formula is C21H28N2O4. The van der Waals surface area contributed by atoms with Crippen LogP contribution in [-0.2, 0) is 14.4 Å². The second kappa shape index (κ2) is 8.55. The van der Waals surface area contributed by atoms with Crippen LogP contribution >= 0.6 is 0 Å². The zero-order valence-corrected chi connectivity index (χ0v) is 15.8. The van der Waals surface area contributed by atoms with Crippen LogP contribution in [0.5, 0.6) is 0 Å². The number of carbonyl (C=O) groups is 3. The number of likely N-dealkylation sites (tertiary alicyclic amines) is 2. The van der Waals surface area contributed by atoms with Crippen LogP contribution in [0.15, 0.2) is 30.3 Å². The molecule has 2 fully saturated rings. The number of rotatable bonds is 5. The van der Waals surface area contributed by atoms with Gasteiger partial charge in [-0.1, -0.05) is 37.3 Å². The molecule has 2 aliphatic heterocycles. The number of hydrogen-bond donors (Lipinski definition) is 1. The molecule has 27 heavy (non-hydrogen) atoms. The van der Waals surface area contributed by atoms with Gasteiger partial charge >= 0.3 is 5.97 Å². The van der Waals surface area contributed by atoms with Crippen LogP contribution in [-0.4, -0.2) is 58.4 Å². The highest BCUT2D eigenvalue weighted by atomic mass is 16.4. The molecule has 2 heterocycles. The van der Waals surface area contributed by atoms with E-state index in [0.29, 0.717) is 25.9 Å². The molecule has 1 aromatic carbocycles. The molecule has 3 atom stereocenters. The largest absolute Gasteiger partial charge is 0.481 e. The Kier molecular flexibility index (Phi) is 6.14. The molecule has 2 saturated heterocycles. The molecule has 0 aromatic heterocycles. The average Bonchev–Trinajstić information content (AvgIpc) is 3.14. The van der Waals surface area contributed by atoms with Crippen molar-refractivity contribution in [1.82, 2.24) is 9.80 Å². The molecule has 3 unspecified atom stereocenters. The van der Waals surface area contributed by atoms with E-state index in [1.807, 2.05) is 37.3 Å². The fourth-order valence-electron chi connectivity index (χ4n) is 4.33. The summed E-state index contributed by atoms with van der Waals surface area (Å²) in [5, 5.41) is 9.66. The summed E-state index contributed by atoms with van der Waals surface area (Å²) in [5.41, 5.74) is 0.947. The van der Waals surface area contributed by atoms with E-state index in [-0.39, 0.29) is 24.3 Å². The van der Waals surface area contributed by atoms with E-state index in [9.17, 15) is 19.5 Å². The smallest absolute Gasteiger partial charge is 0.308 e. The first kappa shape index (κ1) is 19.4. The van der Waals surface area contributed by atoms with Crippen molar-refractivity contribution in [3.05, 3.63) is 35.9 Å². The normalized spacial score (nSPS) is 25.4. The fraction of sp³-hybridized carbons (Fsp3) is 0.571. The fourth-order valence-corrected chi connectivity index (χ4v) is 4.33. The third-order valence-electron chi connectivity index (χ3n) is 5.75. The highest BCUT2D eigenvalue weighted by molar-refractivity contribution is 5.89. The summed E-state index contributed by atoms with van der Waals surface area (Å²) < 4.78 is 0. The van der Waals surface area contributed by atoms with Crippen molar-refractivity contribution in [2.75, 3.05) is 19.6 Å². The van der Waals surface area contributed by atoms with Crippen LogP contribution in [0, 0.1) is 5.92 Å². The number of carboxylic acid groups (broad SMARTS) is 1. The van der Waals surface area contributed by atoms with Gasteiger partial charge < -0.3 is 14.9 Å². The third-order valence-corrected chi connectivity index (χ3v) is 5.75. The van der Waals surface area contributed by atoms with Gasteiger partial charge in [-0.05, 0) is 31.2 Å². The number of aliphatic carboxylic acids is 1. The predicted octanol–water partition coefficient (Wildman–Crippen LogP) is 2.49. The van der Waals surface area contributed by atoms with Crippen LogP contribution < -0.4 is 0 Å². The zero-order valence-electron chi connectivity index (χ0n) is 15.8. The first-order chi connectivity index (χ1) is 13.0. The average molecular weight is 372 g/mol. The first-order valence-electron chi connectivity index (χ1n) is 9.89. The SMILES string of the molecule is CCCC(=O)N1CCCCC1C(=O)N1CC(C(=O)O)C(c2ccccc2)C1. The summed E-state index contributed by atoms with van der Waals surface area (Å²) in [7, 11) is 0. The first-order valence-corrected chi connectivity index (χ1v) is 9.89. The molecule has 3 rings (SSSR count). The Labute approximate surface area is 160 Å². The Bertz CT molecular complexity index is 691. The van der Waals surface area contributed by atoms with Crippen molar-refractivity contribution in [3.8, 4) is 0 Å². The molecule has 0 radical (unpaired) electrons. The summed E-state index contributed by atoms with van der Waals surface area (Å²) in [5.74, 6) is -1.76. The number of amides is 2. The number of piperidine rings is 1. The Morgan fingerprint density at radius 3 is 2.52 bits per heavy atom. The van der Waals surface area contributed by atoms with Gasteiger partial charge in [-0.25, -0.2) is 0 Å². The molecule has 0 bridgehead atoms. The van der Waals surface area contributed by atoms with Crippen molar-refractivity contribution in [2.24, 2.45) is 5.92 Å². The number of carboxylic acids is 1. The number of hydrogen-bond acceptors (Lipinski definition) is 3. The summed E-state index contributed by atoms with van der Waals surface area (Å²) >= 11 is 0. The van der Waals surface area contributed by atoms with Crippen LogP contribution in [0.3, 0.4) is 0 Å². The van der Waals surface area contributed by atoms with E-state index in [2.05, 4.69) is 0 Å². The molecule has 146 valence electrons. The third kappa shape index (κ3) is 4.15. The van der Waals surface area contributed by atoms with Gasteiger partial charge in [0.25, 0.3) is 0 Å². The van der Waals surface area contributed by atoms with Crippen LogP contribution in [0.1, 0.15) is 50.5 Å². The maximum Gasteiger partial charge on any atom is 0.308 e.